The van der Waals surface area contributed by atoms with Crippen LogP contribution in [-0.4, -0.2) is 40.3 Å². The van der Waals surface area contributed by atoms with Gasteiger partial charge in [0, 0.05) is 30.6 Å². The van der Waals surface area contributed by atoms with Crippen LogP contribution < -0.4 is 10.2 Å². The Morgan fingerprint density at radius 2 is 1.97 bits per heavy atom. The molecule has 0 saturated heterocycles. The number of aryl methyl sites for hydroxylation is 2. The molecule has 4 rings (SSSR count). The van der Waals surface area contributed by atoms with Crippen LogP contribution >= 0.6 is 0 Å². The highest BCUT2D eigenvalue weighted by molar-refractivity contribution is 5.96. The van der Waals surface area contributed by atoms with Gasteiger partial charge in [-0.25, -0.2) is 4.79 Å². The second kappa shape index (κ2) is 9.80. The van der Waals surface area contributed by atoms with Crippen molar-refractivity contribution < 1.29 is 19.1 Å². The zero-order chi connectivity index (χ0) is 22.5. The molecule has 32 heavy (non-hydrogen) atoms. The number of carbonyl (C=O) groups excluding carboxylic acids is 2. The highest BCUT2D eigenvalue weighted by atomic mass is 16.5. The third-order valence-electron chi connectivity index (χ3n) is 5.79. The normalized spacial score (nSPS) is 12.3. The number of esters is 1. The number of hydrogen-bond acceptors (Lipinski definition) is 6. The minimum atomic E-state index is -0.631. The Morgan fingerprint density at radius 3 is 2.78 bits per heavy atom. The highest BCUT2D eigenvalue weighted by Gasteiger charge is 2.24. The number of carbonyl (C=O) groups is 2. The summed E-state index contributed by atoms with van der Waals surface area (Å²) >= 11 is 0. The van der Waals surface area contributed by atoms with Gasteiger partial charge in [0.05, 0.1) is 31.6 Å². The molecule has 0 N–H and O–H groups in total. The molecule has 0 aliphatic carbocycles. The lowest BCUT2D eigenvalue weighted by atomic mass is 10.1. The molecule has 0 fully saturated rings. The SMILES string of the molecule is COC(=O)c1cn2c(cc1=O)-c1c3cccc(OCCCCCCCC=O)c3nn1CC2. The van der Waals surface area contributed by atoms with E-state index < -0.39 is 5.97 Å². The zero-order valence-corrected chi connectivity index (χ0v) is 18.2. The van der Waals surface area contributed by atoms with Gasteiger partial charge in [0.25, 0.3) is 0 Å². The molecule has 1 aliphatic rings. The summed E-state index contributed by atoms with van der Waals surface area (Å²) in [5, 5.41) is 5.67. The van der Waals surface area contributed by atoms with E-state index in [4.69, 9.17) is 14.6 Å². The van der Waals surface area contributed by atoms with E-state index in [2.05, 4.69) is 0 Å². The number of unbranched alkanes of at least 4 members (excludes halogenated alkanes) is 5. The maximum absolute atomic E-state index is 12.5. The summed E-state index contributed by atoms with van der Waals surface area (Å²) in [4.78, 5) is 34.8. The van der Waals surface area contributed by atoms with Gasteiger partial charge in [0.2, 0.25) is 0 Å². The summed E-state index contributed by atoms with van der Waals surface area (Å²) in [6.07, 6.45) is 8.31. The minimum absolute atomic E-state index is 0.0312. The van der Waals surface area contributed by atoms with Crippen LogP contribution in [0.2, 0.25) is 0 Å². The number of fused-ring (bicyclic) bond motifs is 5. The molecule has 3 heterocycles. The number of ether oxygens (including phenoxy) is 2. The van der Waals surface area contributed by atoms with E-state index in [0.29, 0.717) is 26.1 Å². The van der Waals surface area contributed by atoms with Crippen LogP contribution in [0.1, 0.15) is 48.9 Å². The molecule has 0 saturated carbocycles. The molecule has 0 amide bonds. The van der Waals surface area contributed by atoms with Crippen LogP contribution in [0.5, 0.6) is 5.75 Å². The predicted molar refractivity (Wildman–Crippen MR) is 120 cm³/mol. The van der Waals surface area contributed by atoms with E-state index in [1.54, 1.807) is 6.20 Å². The Hall–Kier alpha value is -3.42. The molecule has 8 heteroatoms. The quantitative estimate of drug-likeness (QED) is 0.273. The van der Waals surface area contributed by atoms with E-state index in [0.717, 1.165) is 66.4 Å². The van der Waals surface area contributed by atoms with Gasteiger partial charge in [-0.15, -0.1) is 0 Å². The van der Waals surface area contributed by atoms with Gasteiger partial charge in [0.1, 0.15) is 23.1 Å². The van der Waals surface area contributed by atoms with Crippen LogP contribution in [0.3, 0.4) is 0 Å². The first-order valence-corrected chi connectivity index (χ1v) is 11.0. The first-order chi connectivity index (χ1) is 15.6. The third-order valence-corrected chi connectivity index (χ3v) is 5.79. The summed E-state index contributed by atoms with van der Waals surface area (Å²) in [6.45, 7) is 1.83. The second-order valence-electron chi connectivity index (χ2n) is 7.92. The van der Waals surface area contributed by atoms with Crippen molar-refractivity contribution in [3.05, 3.63) is 46.2 Å². The van der Waals surface area contributed by atoms with Gasteiger partial charge in [-0.1, -0.05) is 31.4 Å². The molecule has 3 aromatic rings. The van der Waals surface area contributed by atoms with Gasteiger partial charge < -0.3 is 18.8 Å². The Morgan fingerprint density at radius 1 is 1.16 bits per heavy atom. The standard InChI is InChI=1S/C24H27N3O5/c1-31-24(30)18-16-26-11-12-27-23(19(26)15-20(18)29)17-9-8-10-21(22(17)25-27)32-14-7-5-3-2-4-6-13-28/h8-10,13,15-16H,2-7,11-12,14H2,1H3. The smallest absolute Gasteiger partial charge is 0.343 e. The minimum Gasteiger partial charge on any atom is -0.491 e. The van der Waals surface area contributed by atoms with Crippen LogP contribution in [0.15, 0.2) is 35.3 Å². The molecule has 0 atom stereocenters. The first kappa shape index (κ1) is 21.8. The maximum atomic E-state index is 12.5. The Kier molecular flexibility index (Phi) is 6.68. The molecule has 0 unspecified atom stereocenters. The first-order valence-electron chi connectivity index (χ1n) is 11.0. The average molecular weight is 437 g/mol. The van der Waals surface area contributed by atoms with Crippen molar-refractivity contribution in [1.29, 1.82) is 0 Å². The fourth-order valence-electron chi connectivity index (χ4n) is 4.15. The monoisotopic (exact) mass is 437 g/mol. The van der Waals surface area contributed by atoms with Crippen LogP contribution in [0.4, 0.5) is 0 Å². The van der Waals surface area contributed by atoms with Crippen molar-refractivity contribution in [3.63, 3.8) is 0 Å². The highest BCUT2D eigenvalue weighted by Crippen LogP contribution is 2.35. The maximum Gasteiger partial charge on any atom is 0.343 e. The number of nitrogens with zero attached hydrogens (tertiary/aromatic N) is 3. The lowest BCUT2D eigenvalue weighted by molar-refractivity contribution is -0.107. The molecule has 0 radical (unpaired) electrons. The van der Waals surface area contributed by atoms with Crippen molar-refractivity contribution >= 4 is 23.2 Å². The zero-order valence-electron chi connectivity index (χ0n) is 18.2. The Balaban J connectivity index is 1.54. The number of pyridine rings is 1. The topological polar surface area (TPSA) is 92.4 Å². The number of aromatic nitrogens is 3. The molecule has 168 valence electrons. The van der Waals surface area contributed by atoms with Crippen molar-refractivity contribution in [2.75, 3.05) is 13.7 Å². The summed E-state index contributed by atoms with van der Waals surface area (Å²) in [5.74, 6) is 0.0964. The molecule has 8 nitrogen and oxygen atoms in total. The number of methoxy groups -OCH3 is 1. The number of hydrogen-bond donors (Lipinski definition) is 0. The molecule has 2 aromatic heterocycles. The van der Waals surface area contributed by atoms with Gasteiger partial charge in [0.15, 0.2) is 5.43 Å². The van der Waals surface area contributed by atoms with Crippen molar-refractivity contribution in [1.82, 2.24) is 14.3 Å². The molecule has 1 aromatic carbocycles. The van der Waals surface area contributed by atoms with Crippen LogP contribution in [0.25, 0.3) is 22.3 Å². The van der Waals surface area contributed by atoms with Crippen molar-refractivity contribution in [2.24, 2.45) is 0 Å². The van der Waals surface area contributed by atoms with E-state index in [1.807, 2.05) is 27.4 Å². The second-order valence-corrected chi connectivity index (χ2v) is 7.92. The van der Waals surface area contributed by atoms with Crippen LogP contribution in [0, 0.1) is 0 Å². The summed E-state index contributed by atoms with van der Waals surface area (Å²) in [5.41, 5.74) is 2.01. The van der Waals surface area contributed by atoms with Crippen LogP contribution in [-0.2, 0) is 22.6 Å². The van der Waals surface area contributed by atoms with Gasteiger partial charge in [-0.3, -0.25) is 9.48 Å². The average Bonchev–Trinajstić information content (AvgIpc) is 3.20. The molecule has 0 spiro atoms. The van der Waals surface area contributed by atoms with Gasteiger partial charge >= 0.3 is 5.97 Å². The van der Waals surface area contributed by atoms with E-state index >= 15 is 0 Å². The molecular formula is C24H27N3O5. The number of benzene rings is 1. The summed E-state index contributed by atoms with van der Waals surface area (Å²) in [7, 11) is 1.27. The predicted octanol–water partition coefficient (Wildman–Crippen LogP) is 3.58. The van der Waals surface area contributed by atoms with Crippen molar-refractivity contribution in [2.45, 2.75) is 51.6 Å². The molecule has 1 aliphatic heterocycles. The molecular weight excluding hydrogens is 410 g/mol. The lowest BCUT2D eigenvalue weighted by Gasteiger charge is -2.21. The largest absolute Gasteiger partial charge is 0.491 e. The van der Waals surface area contributed by atoms with Gasteiger partial charge in [-0.2, -0.15) is 5.10 Å². The van der Waals surface area contributed by atoms with E-state index in [9.17, 15) is 14.4 Å². The number of rotatable bonds is 10. The van der Waals surface area contributed by atoms with E-state index in [-0.39, 0.29) is 11.0 Å². The van der Waals surface area contributed by atoms with Crippen molar-refractivity contribution in [3.8, 4) is 17.1 Å². The number of aldehydes is 1. The Bertz CT molecular complexity index is 1190. The summed E-state index contributed by atoms with van der Waals surface area (Å²) in [6, 6.07) is 7.30. The van der Waals surface area contributed by atoms with E-state index in [1.165, 1.54) is 13.2 Å². The molecule has 0 bridgehead atoms. The third kappa shape index (κ3) is 4.30. The lowest BCUT2D eigenvalue weighted by Crippen LogP contribution is -2.24. The summed E-state index contributed by atoms with van der Waals surface area (Å²) < 4.78 is 14.6. The fraction of sp³-hybridized carbons (Fsp3) is 0.417. The fourth-order valence-corrected chi connectivity index (χ4v) is 4.15. The van der Waals surface area contributed by atoms with Gasteiger partial charge in [-0.05, 0) is 18.9 Å². The Labute approximate surface area is 185 Å².